The summed E-state index contributed by atoms with van der Waals surface area (Å²) in [4.78, 5) is 17.7. The lowest BCUT2D eigenvalue weighted by Gasteiger charge is -2.32. The van der Waals surface area contributed by atoms with Gasteiger partial charge in [0.05, 0.1) is 18.8 Å². The zero-order valence-corrected chi connectivity index (χ0v) is 17.8. The average Bonchev–Trinajstić information content (AvgIpc) is 2.83. The van der Waals surface area contributed by atoms with Gasteiger partial charge in [0.15, 0.2) is 0 Å². The molecule has 5 nitrogen and oxygen atoms in total. The van der Waals surface area contributed by atoms with Crippen LogP contribution in [0.15, 0.2) is 54.6 Å². The predicted octanol–water partition coefficient (Wildman–Crippen LogP) is 3.21. The maximum atomic E-state index is 12.9. The van der Waals surface area contributed by atoms with E-state index in [1.807, 2.05) is 24.3 Å². The molecule has 0 atom stereocenters. The maximum absolute atomic E-state index is 12.9. The number of nitrogens with zero attached hydrogens (tertiary/aromatic N) is 2. The van der Waals surface area contributed by atoms with Crippen molar-refractivity contribution in [2.45, 2.75) is 19.3 Å². The van der Waals surface area contributed by atoms with Gasteiger partial charge in [-0.2, -0.15) is 0 Å². The summed E-state index contributed by atoms with van der Waals surface area (Å²) in [6, 6.07) is 18.6. The summed E-state index contributed by atoms with van der Waals surface area (Å²) >= 11 is 0. The summed E-state index contributed by atoms with van der Waals surface area (Å²) in [5.41, 5.74) is 3.21. The highest BCUT2D eigenvalue weighted by Crippen LogP contribution is 2.22. The molecule has 0 spiro atoms. The van der Waals surface area contributed by atoms with E-state index in [1.54, 1.807) is 0 Å². The molecule has 4 rings (SSSR count). The van der Waals surface area contributed by atoms with Gasteiger partial charge in [-0.3, -0.25) is 4.79 Å². The van der Waals surface area contributed by atoms with Gasteiger partial charge in [-0.15, -0.1) is 0 Å². The summed E-state index contributed by atoms with van der Waals surface area (Å²) in [5.74, 6) is 0.612. The number of nitrogens with one attached hydrogen (secondary N) is 1. The Morgan fingerprint density at radius 2 is 1.63 bits per heavy atom. The predicted molar refractivity (Wildman–Crippen MR) is 121 cm³/mol. The third-order valence-corrected chi connectivity index (χ3v) is 6.32. The Bertz CT molecular complexity index is 797. The van der Waals surface area contributed by atoms with Crippen LogP contribution in [0.4, 0.5) is 5.69 Å². The standard InChI is InChI=1S/C25H33N3O2/c29-25(23-8-4-5-9-24(23)28-16-18-30-19-17-28)26-20-22-11-14-27(15-12-22)13-10-21-6-2-1-3-7-21/h1-9,22H,10-20H2,(H,26,29). The minimum atomic E-state index is 0.0450. The van der Waals surface area contributed by atoms with E-state index >= 15 is 0 Å². The second-order valence-corrected chi connectivity index (χ2v) is 8.35. The van der Waals surface area contributed by atoms with Crippen LogP contribution in [-0.4, -0.2) is 63.3 Å². The topological polar surface area (TPSA) is 44.8 Å². The molecule has 0 aliphatic carbocycles. The van der Waals surface area contributed by atoms with E-state index in [9.17, 15) is 4.79 Å². The number of morpholine rings is 1. The highest BCUT2D eigenvalue weighted by atomic mass is 16.5. The fourth-order valence-corrected chi connectivity index (χ4v) is 4.42. The number of rotatable bonds is 7. The molecule has 2 saturated heterocycles. The second-order valence-electron chi connectivity index (χ2n) is 8.35. The monoisotopic (exact) mass is 407 g/mol. The van der Waals surface area contributed by atoms with Crippen LogP contribution >= 0.6 is 0 Å². The van der Waals surface area contributed by atoms with Crippen molar-refractivity contribution in [1.29, 1.82) is 0 Å². The summed E-state index contributed by atoms with van der Waals surface area (Å²) in [5, 5.41) is 3.21. The van der Waals surface area contributed by atoms with Crippen LogP contribution in [0.3, 0.4) is 0 Å². The third kappa shape index (κ3) is 5.61. The Balaban J connectivity index is 1.22. The van der Waals surface area contributed by atoms with Gasteiger partial charge in [0.25, 0.3) is 5.91 Å². The number of carbonyl (C=O) groups is 1. The van der Waals surface area contributed by atoms with Crippen molar-refractivity contribution in [3.8, 4) is 0 Å². The molecule has 160 valence electrons. The molecule has 0 aromatic heterocycles. The first-order valence-electron chi connectivity index (χ1n) is 11.3. The lowest BCUT2D eigenvalue weighted by Crippen LogP contribution is -2.40. The zero-order chi connectivity index (χ0) is 20.6. The molecule has 0 radical (unpaired) electrons. The molecule has 30 heavy (non-hydrogen) atoms. The molecule has 2 aromatic rings. The van der Waals surface area contributed by atoms with Gasteiger partial charge in [-0.1, -0.05) is 42.5 Å². The molecule has 1 amide bonds. The number of anilines is 1. The van der Waals surface area contributed by atoms with Gasteiger partial charge in [0.1, 0.15) is 0 Å². The Labute approximate surface area is 180 Å². The van der Waals surface area contributed by atoms with E-state index in [2.05, 4.69) is 45.4 Å². The Hall–Kier alpha value is -2.37. The quantitative estimate of drug-likeness (QED) is 0.766. The lowest BCUT2D eigenvalue weighted by molar-refractivity contribution is 0.0935. The Morgan fingerprint density at radius 3 is 2.40 bits per heavy atom. The summed E-state index contributed by atoms with van der Waals surface area (Å²) in [6.07, 6.45) is 3.42. The molecule has 2 aliphatic rings. The number of para-hydroxylation sites is 1. The van der Waals surface area contributed by atoms with Crippen LogP contribution in [0.5, 0.6) is 0 Å². The molecule has 2 aliphatic heterocycles. The van der Waals surface area contributed by atoms with E-state index in [-0.39, 0.29) is 5.91 Å². The van der Waals surface area contributed by atoms with E-state index in [4.69, 9.17) is 4.74 Å². The van der Waals surface area contributed by atoms with Gasteiger partial charge in [0.2, 0.25) is 0 Å². The van der Waals surface area contributed by atoms with Crippen LogP contribution in [0.1, 0.15) is 28.8 Å². The van der Waals surface area contributed by atoms with Gasteiger partial charge in [0, 0.05) is 31.9 Å². The molecule has 0 saturated carbocycles. The number of piperidine rings is 1. The molecular weight excluding hydrogens is 374 g/mol. The van der Waals surface area contributed by atoms with Crippen LogP contribution in [-0.2, 0) is 11.2 Å². The summed E-state index contributed by atoms with van der Waals surface area (Å²) in [7, 11) is 0. The van der Waals surface area contributed by atoms with Crippen LogP contribution < -0.4 is 10.2 Å². The van der Waals surface area contributed by atoms with Crippen molar-refractivity contribution in [3.05, 3.63) is 65.7 Å². The van der Waals surface area contributed by atoms with Crippen molar-refractivity contribution in [2.24, 2.45) is 5.92 Å². The van der Waals surface area contributed by atoms with Gasteiger partial charge < -0.3 is 19.9 Å². The lowest BCUT2D eigenvalue weighted by atomic mass is 9.96. The molecule has 0 unspecified atom stereocenters. The number of hydrogen-bond donors (Lipinski definition) is 1. The second kappa shape index (κ2) is 10.6. The van der Waals surface area contributed by atoms with E-state index in [1.165, 1.54) is 5.56 Å². The van der Waals surface area contributed by atoms with Crippen LogP contribution in [0, 0.1) is 5.92 Å². The minimum absolute atomic E-state index is 0.0450. The molecular formula is C25H33N3O2. The fraction of sp³-hybridized carbons (Fsp3) is 0.480. The number of benzene rings is 2. The fourth-order valence-electron chi connectivity index (χ4n) is 4.42. The molecule has 2 aromatic carbocycles. The third-order valence-electron chi connectivity index (χ3n) is 6.32. The van der Waals surface area contributed by atoms with Gasteiger partial charge in [-0.05, 0) is 56.0 Å². The van der Waals surface area contributed by atoms with Crippen molar-refractivity contribution in [2.75, 3.05) is 57.4 Å². The van der Waals surface area contributed by atoms with Crippen LogP contribution in [0.25, 0.3) is 0 Å². The number of ether oxygens (including phenoxy) is 1. The molecule has 1 N–H and O–H groups in total. The van der Waals surface area contributed by atoms with E-state index in [0.29, 0.717) is 5.92 Å². The number of hydrogen-bond acceptors (Lipinski definition) is 4. The summed E-state index contributed by atoms with van der Waals surface area (Å²) in [6.45, 7) is 7.25. The van der Waals surface area contributed by atoms with E-state index < -0.39 is 0 Å². The van der Waals surface area contributed by atoms with Crippen molar-refractivity contribution < 1.29 is 9.53 Å². The number of carbonyl (C=O) groups excluding carboxylic acids is 1. The highest BCUT2D eigenvalue weighted by molar-refractivity contribution is 5.99. The van der Waals surface area contributed by atoms with Crippen molar-refractivity contribution >= 4 is 11.6 Å². The van der Waals surface area contributed by atoms with Crippen LogP contribution in [0.2, 0.25) is 0 Å². The summed E-state index contributed by atoms with van der Waals surface area (Å²) < 4.78 is 5.45. The zero-order valence-electron chi connectivity index (χ0n) is 17.8. The number of likely N-dealkylation sites (tertiary alicyclic amines) is 1. The first-order chi connectivity index (χ1) is 14.8. The van der Waals surface area contributed by atoms with Crippen molar-refractivity contribution in [3.63, 3.8) is 0 Å². The first-order valence-corrected chi connectivity index (χ1v) is 11.3. The Morgan fingerprint density at radius 1 is 0.933 bits per heavy atom. The SMILES string of the molecule is O=C(NCC1CCN(CCc2ccccc2)CC1)c1ccccc1N1CCOCC1. The minimum Gasteiger partial charge on any atom is -0.378 e. The van der Waals surface area contributed by atoms with Gasteiger partial charge >= 0.3 is 0 Å². The first kappa shape index (κ1) is 20.9. The largest absolute Gasteiger partial charge is 0.378 e. The van der Waals surface area contributed by atoms with E-state index in [0.717, 1.165) is 83.0 Å². The van der Waals surface area contributed by atoms with Gasteiger partial charge in [-0.25, -0.2) is 0 Å². The molecule has 5 heteroatoms. The molecule has 2 heterocycles. The normalized spacial score (nSPS) is 18.3. The number of amides is 1. The smallest absolute Gasteiger partial charge is 0.253 e. The molecule has 2 fully saturated rings. The average molecular weight is 408 g/mol. The maximum Gasteiger partial charge on any atom is 0.253 e. The molecule has 0 bridgehead atoms. The van der Waals surface area contributed by atoms with Crippen molar-refractivity contribution in [1.82, 2.24) is 10.2 Å². The Kier molecular flexibility index (Phi) is 7.38. The highest BCUT2D eigenvalue weighted by Gasteiger charge is 2.22.